The molecule has 112 valence electrons. The van der Waals surface area contributed by atoms with Crippen molar-refractivity contribution in [3.05, 3.63) is 35.4 Å². The molecule has 1 unspecified atom stereocenters. The lowest BCUT2D eigenvalue weighted by molar-refractivity contribution is 0.281. The molecule has 1 heterocycles. The van der Waals surface area contributed by atoms with Crippen molar-refractivity contribution in [2.24, 2.45) is 5.92 Å². The first-order valence-electron chi connectivity index (χ1n) is 7.21. The summed E-state index contributed by atoms with van der Waals surface area (Å²) in [6.45, 7) is 4.26. The van der Waals surface area contributed by atoms with Crippen molar-refractivity contribution in [3.8, 4) is 0 Å². The molecule has 0 bridgehead atoms. The zero-order chi connectivity index (χ0) is 14.6. The summed E-state index contributed by atoms with van der Waals surface area (Å²) < 4.78 is 26.5. The van der Waals surface area contributed by atoms with Gasteiger partial charge in [0.05, 0.1) is 5.75 Å². The van der Waals surface area contributed by atoms with E-state index >= 15 is 0 Å². The third-order valence-electron chi connectivity index (χ3n) is 3.77. The summed E-state index contributed by atoms with van der Waals surface area (Å²) >= 11 is 0. The van der Waals surface area contributed by atoms with E-state index in [9.17, 15) is 8.42 Å². The van der Waals surface area contributed by atoms with Crippen LogP contribution in [0.15, 0.2) is 24.3 Å². The fourth-order valence-electron chi connectivity index (χ4n) is 2.66. The molecule has 4 nitrogen and oxygen atoms in total. The zero-order valence-electron chi connectivity index (χ0n) is 12.3. The smallest absolute Gasteiger partial charge is 0.218 e. The van der Waals surface area contributed by atoms with E-state index in [0.717, 1.165) is 24.9 Å². The van der Waals surface area contributed by atoms with Gasteiger partial charge in [0.15, 0.2) is 0 Å². The third-order valence-corrected chi connectivity index (χ3v) is 5.58. The van der Waals surface area contributed by atoms with E-state index in [0.29, 0.717) is 19.0 Å². The highest BCUT2D eigenvalue weighted by Crippen LogP contribution is 2.21. The van der Waals surface area contributed by atoms with Crippen LogP contribution in [-0.4, -0.2) is 32.9 Å². The van der Waals surface area contributed by atoms with Gasteiger partial charge in [0.1, 0.15) is 0 Å². The van der Waals surface area contributed by atoms with Gasteiger partial charge < -0.3 is 5.32 Å². The Bertz CT molecular complexity index is 525. The minimum absolute atomic E-state index is 0.111. The van der Waals surface area contributed by atoms with Crippen LogP contribution in [0.25, 0.3) is 0 Å². The lowest BCUT2D eigenvalue weighted by Crippen LogP contribution is -2.39. The van der Waals surface area contributed by atoms with Gasteiger partial charge in [-0.1, -0.05) is 31.2 Å². The summed E-state index contributed by atoms with van der Waals surface area (Å²) in [5.41, 5.74) is 2.03. The number of nitrogens with one attached hydrogen (secondary N) is 1. The van der Waals surface area contributed by atoms with Crippen molar-refractivity contribution in [2.75, 3.05) is 20.1 Å². The topological polar surface area (TPSA) is 49.4 Å². The molecular weight excluding hydrogens is 272 g/mol. The molecule has 1 atom stereocenters. The van der Waals surface area contributed by atoms with Crippen molar-refractivity contribution >= 4 is 10.0 Å². The molecule has 5 heteroatoms. The van der Waals surface area contributed by atoms with Crippen molar-refractivity contribution in [3.63, 3.8) is 0 Å². The van der Waals surface area contributed by atoms with Gasteiger partial charge in [-0.2, -0.15) is 0 Å². The van der Waals surface area contributed by atoms with Gasteiger partial charge >= 0.3 is 0 Å². The molecule has 2 rings (SSSR count). The van der Waals surface area contributed by atoms with Gasteiger partial charge in [-0.15, -0.1) is 0 Å². The number of benzene rings is 1. The highest BCUT2D eigenvalue weighted by molar-refractivity contribution is 7.88. The van der Waals surface area contributed by atoms with Crippen LogP contribution in [0.4, 0.5) is 0 Å². The van der Waals surface area contributed by atoms with Gasteiger partial charge in [-0.25, -0.2) is 12.7 Å². The quantitative estimate of drug-likeness (QED) is 0.904. The molecule has 1 aromatic carbocycles. The first kappa shape index (κ1) is 15.5. The number of hydrogen-bond donors (Lipinski definition) is 1. The van der Waals surface area contributed by atoms with Gasteiger partial charge in [-0.3, -0.25) is 0 Å². The Hall–Kier alpha value is -0.910. The summed E-state index contributed by atoms with van der Waals surface area (Å²) in [6.07, 6.45) is 2.10. The van der Waals surface area contributed by atoms with E-state index in [4.69, 9.17) is 0 Å². The Labute approximate surface area is 122 Å². The molecule has 1 N–H and O–H groups in total. The summed E-state index contributed by atoms with van der Waals surface area (Å²) in [7, 11) is -1.28. The maximum atomic E-state index is 12.4. The molecule has 1 saturated heterocycles. The average molecular weight is 296 g/mol. The molecular formula is C15H24N2O2S. The number of sulfonamides is 1. The molecule has 0 spiro atoms. The van der Waals surface area contributed by atoms with E-state index in [1.807, 2.05) is 31.3 Å². The predicted octanol–water partition coefficient (Wildman–Crippen LogP) is 1.97. The Morgan fingerprint density at radius 1 is 1.25 bits per heavy atom. The van der Waals surface area contributed by atoms with Gasteiger partial charge in [0.2, 0.25) is 10.0 Å². The first-order valence-corrected chi connectivity index (χ1v) is 8.82. The molecule has 0 amide bonds. The van der Waals surface area contributed by atoms with E-state index < -0.39 is 10.0 Å². The monoisotopic (exact) mass is 296 g/mol. The number of rotatable bonds is 5. The number of piperidine rings is 1. The second-order valence-electron chi connectivity index (χ2n) is 5.71. The minimum atomic E-state index is -3.18. The second-order valence-corrected chi connectivity index (χ2v) is 7.68. The molecule has 1 aliphatic rings. The van der Waals surface area contributed by atoms with Crippen molar-refractivity contribution in [1.29, 1.82) is 0 Å². The average Bonchev–Trinajstić information content (AvgIpc) is 2.41. The largest absolute Gasteiger partial charge is 0.316 e. The molecule has 1 aromatic rings. The summed E-state index contributed by atoms with van der Waals surface area (Å²) in [6, 6.07) is 7.80. The lowest BCUT2D eigenvalue weighted by atomic mass is 10.0. The standard InChI is InChI=1S/C15H24N2O2S/c1-13-4-3-9-17(11-13)20(18,19)12-15-7-5-14(6-8-15)10-16-2/h5-8,13,16H,3-4,9-12H2,1-2H3. The third kappa shape index (κ3) is 4.04. The van der Waals surface area contributed by atoms with Gasteiger partial charge in [0, 0.05) is 19.6 Å². The molecule has 0 aromatic heterocycles. The van der Waals surface area contributed by atoms with Crippen molar-refractivity contribution < 1.29 is 8.42 Å². The van der Waals surface area contributed by atoms with Gasteiger partial charge in [-0.05, 0) is 36.9 Å². The Morgan fingerprint density at radius 2 is 1.90 bits per heavy atom. The normalized spacial score (nSPS) is 21.0. The summed E-state index contributed by atoms with van der Waals surface area (Å²) in [4.78, 5) is 0. The molecule has 1 aliphatic heterocycles. The van der Waals surface area contributed by atoms with Crippen LogP contribution in [-0.2, 0) is 22.3 Å². The SMILES string of the molecule is CNCc1ccc(CS(=O)(=O)N2CCCC(C)C2)cc1. The Morgan fingerprint density at radius 3 is 2.50 bits per heavy atom. The van der Waals surface area contributed by atoms with Crippen LogP contribution in [0.3, 0.4) is 0 Å². The van der Waals surface area contributed by atoms with E-state index in [-0.39, 0.29) is 5.75 Å². The predicted molar refractivity (Wildman–Crippen MR) is 81.8 cm³/mol. The summed E-state index contributed by atoms with van der Waals surface area (Å²) in [5, 5.41) is 3.08. The van der Waals surface area contributed by atoms with Crippen LogP contribution >= 0.6 is 0 Å². The minimum Gasteiger partial charge on any atom is -0.316 e. The van der Waals surface area contributed by atoms with Crippen LogP contribution in [0.1, 0.15) is 30.9 Å². The Kier molecular flexibility index (Phi) is 5.18. The molecule has 0 saturated carbocycles. The fraction of sp³-hybridized carbons (Fsp3) is 0.600. The molecule has 1 fully saturated rings. The maximum Gasteiger partial charge on any atom is 0.218 e. The van der Waals surface area contributed by atoms with E-state index in [1.165, 1.54) is 5.56 Å². The highest BCUT2D eigenvalue weighted by Gasteiger charge is 2.27. The number of nitrogens with zero attached hydrogens (tertiary/aromatic N) is 1. The van der Waals surface area contributed by atoms with Crippen LogP contribution in [0, 0.1) is 5.92 Å². The van der Waals surface area contributed by atoms with E-state index in [1.54, 1.807) is 4.31 Å². The van der Waals surface area contributed by atoms with E-state index in [2.05, 4.69) is 12.2 Å². The maximum absolute atomic E-state index is 12.4. The first-order chi connectivity index (χ1) is 9.51. The van der Waals surface area contributed by atoms with Crippen LogP contribution in [0.5, 0.6) is 0 Å². The summed E-state index contributed by atoms with van der Waals surface area (Å²) in [5.74, 6) is 0.580. The second kappa shape index (κ2) is 6.70. The van der Waals surface area contributed by atoms with Crippen LogP contribution < -0.4 is 5.32 Å². The van der Waals surface area contributed by atoms with Crippen molar-refractivity contribution in [1.82, 2.24) is 9.62 Å². The molecule has 0 aliphatic carbocycles. The Balaban J connectivity index is 2.03. The fourth-order valence-corrected chi connectivity index (χ4v) is 4.34. The number of hydrogen-bond acceptors (Lipinski definition) is 3. The zero-order valence-corrected chi connectivity index (χ0v) is 13.1. The van der Waals surface area contributed by atoms with Gasteiger partial charge in [0.25, 0.3) is 0 Å². The van der Waals surface area contributed by atoms with Crippen molar-refractivity contribution in [2.45, 2.75) is 32.1 Å². The highest BCUT2D eigenvalue weighted by atomic mass is 32.2. The molecule has 20 heavy (non-hydrogen) atoms. The molecule has 0 radical (unpaired) electrons. The lowest BCUT2D eigenvalue weighted by Gasteiger charge is -2.30. The van der Waals surface area contributed by atoms with Crippen LogP contribution in [0.2, 0.25) is 0 Å².